The predicted octanol–water partition coefficient (Wildman–Crippen LogP) is 2.67. The first-order chi connectivity index (χ1) is 8.22. The summed E-state index contributed by atoms with van der Waals surface area (Å²) in [6.45, 7) is 0. The van der Waals surface area contributed by atoms with Crippen LogP contribution >= 0.6 is 0 Å². The zero-order valence-corrected chi connectivity index (χ0v) is 9.32. The van der Waals surface area contributed by atoms with E-state index in [1.807, 2.05) is 6.07 Å². The van der Waals surface area contributed by atoms with Crippen LogP contribution in [0.1, 0.15) is 17.2 Å². The van der Waals surface area contributed by atoms with Crippen LogP contribution in [0.3, 0.4) is 0 Å². The average molecular weight is 234 g/mol. The van der Waals surface area contributed by atoms with Crippen molar-refractivity contribution >= 4 is 0 Å². The lowest BCUT2D eigenvalue weighted by molar-refractivity contribution is 0.551. The Morgan fingerprint density at radius 3 is 2.65 bits per heavy atom. The Labute approximate surface area is 98.3 Å². The molecule has 0 aliphatic rings. The van der Waals surface area contributed by atoms with Gasteiger partial charge in [0.1, 0.15) is 11.6 Å². The van der Waals surface area contributed by atoms with Crippen LogP contribution in [-0.2, 0) is 0 Å². The van der Waals surface area contributed by atoms with E-state index in [9.17, 15) is 8.78 Å². The Morgan fingerprint density at radius 2 is 2.06 bits per heavy atom. The van der Waals surface area contributed by atoms with E-state index in [2.05, 4.69) is 10.3 Å². The fraction of sp³-hybridized carbons (Fsp3) is 0.154. The summed E-state index contributed by atoms with van der Waals surface area (Å²) < 4.78 is 26.5. The van der Waals surface area contributed by atoms with E-state index in [4.69, 9.17) is 0 Å². The van der Waals surface area contributed by atoms with Gasteiger partial charge in [-0.15, -0.1) is 0 Å². The summed E-state index contributed by atoms with van der Waals surface area (Å²) in [7, 11) is 1.72. The molecule has 0 amide bonds. The smallest absolute Gasteiger partial charge is 0.131 e. The minimum absolute atomic E-state index is 0.329. The molecule has 0 unspecified atom stereocenters. The van der Waals surface area contributed by atoms with Crippen LogP contribution in [0.4, 0.5) is 8.78 Å². The van der Waals surface area contributed by atoms with Crippen LogP contribution in [0, 0.1) is 11.6 Å². The van der Waals surface area contributed by atoms with Gasteiger partial charge < -0.3 is 5.32 Å². The van der Waals surface area contributed by atoms with Gasteiger partial charge >= 0.3 is 0 Å². The van der Waals surface area contributed by atoms with Crippen molar-refractivity contribution < 1.29 is 8.78 Å². The average Bonchev–Trinajstić information content (AvgIpc) is 2.34. The Balaban J connectivity index is 2.42. The molecule has 4 heteroatoms. The van der Waals surface area contributed by atoms with E-state index in [1.54, 1.807) is 25.5 Å². The normalized spacial score (nSPS) is 12.4. The lowest BCUT2D eigenvalue weighted by Gasteiger charge is -2.17. The van der Waals surface area contributed by atoms with E-state index in [0.29, 0.717) is 5.56 Å². The minimum Gasteiger partial charge on any atom is -0.309 e. The maximum absolute atomic E-state index is 13.7. The Hall–Kier alpha value is -1.81. The Morgan fingerprint density at radius 1 is 1.24 bits per heavy atom. The standard InChI is InChI=1S/C13H12F2N2/c1-16-13(9-3-2-6-17-8-9)11-5-4-10(14)7-12(11)15/h2-8,13,16H,1H3/t13-/m0/s1. The predicted molar refractivity (Wildman–Crippen MR) is 61.5 cm³/mol. The van der Waals surface area contributed by atoms with Gasteiger partial charge in [0.2, 0.25) is 0 Å². The highest BCUT2D eigenvalue weighted by atomic mass is 19.1. The summed E-state index contributed by atoms with van der Waals surface area (Å²) in [5.74, 6) is -1.14. The summed E-state index contributed by atoms with van der Waals surface area (Å²) in [5.41, 5.74) is 1.24. The van der Waals surface area contributed by atoms with Gasteiger partial charge in [-0.2, -0.15) is 0 Å². The van der Waals surface area contributed by atoms with Crippen molar-refractivity contribution in [1.82, 2.24) is 10.3 Å². The summed E-state index contributed by atoms with van der Waals surface area (Å²) in [6.07, 6.45) is 3.31. The fourth-order valence-corrected chi connectivity index (χ4v) is 1.78. The molecule has 0 radical (unpaired) electrons. The molecular weight excluding hydrogens is 222 g/mol. The van der Waals surface area contributed by atoms with Gasteiger partial charge in [0, 0.05) is 24.0 Å². The van der Waals surface area contributed by atoms with Crippen molar-refractivity contribution in [2.45, 2.75) is 6.04 Å². The van der Waals surface area contributed by atoms with Gasteiger partial charge in [-0.1, -0.05) is 12.1 Å². The minimum atomic E-state index is -0.577. The molecule has 0 spiro atoms. The van der Waals surface area contributed by atoms with Crippen LogP contribution in [-0.4, -0.2) is 12.0 Å². The van der Waals surface area contributed by atoms with Gasteiger partial charge in [0.25, 0.3) is 0 Å². The van der Waals surface area contributed by atoms with Crippen LogP contribution in [0.15, 0.2) is 42.7 Å². The third-order valence-electron chi connectivity index (χ3n) is 2.58. The first-order valence-electron chi connectivity index (χ1n) is 5.24. The second kappa shape index (κ2) is 5.01. The van der Waals surface area contributed by atoms with Crippen LogP contribution in [0.5, 0.6) is 0 Å². The molecule has 2 nitrogen and oxygen atoms in total. The molecule has 1 aromatic heterocycles. The number of rotatable bonds is 3. The second-order valence-corrected chi connectivity index (χ2v) is 3.67. The summed E-state index contributed by atoms with van der Waals surface area (Å²) in [6, 6.07) is 6.87. The number of hydrogen-bond donors (Lipinski definition) is 1. The molecule has 0 fully saturated rings. The van der Waals surface area contributed by atoms with Gasteiger partial charge in [-0.25, -0.2) is 8.78 Å². The SMILES string of the molecule is CN[C@@H](c1cccnc1)c1ccc(F)cc1F. The molecule has 0 aliphatic heterocycles. The highest BCUT2D eigenvalue weighted by Gasteiger charge is 2.16. The topological polar surface area (TPSA) is 24.9 Å². The Bertz CT molecular complexity index is 500. The van der Waals surface area contributed by atoms with Crippen molar-refractivity contribution in [2.75, 3.05) is 7.05 Å². The second-order valence-electron chi connectivity index (χ2n) is 3.67. The fourth-order valence-electron chi connectivity index (χ4n) is 1.78. The van der Waals surface area contributed by atoms with Gasteiger partial charge in [-0.3, -0.25) is 4.98 Å². The highest BCUT2D eigenvalue weighted by molar-refractivity contribution is 5.31. The van der Waals surface area contributed by atoms with Crippen molar-refractivity contribution in [1.29, 1.82) is 0 Å². The summed E-state index contributed by atoms with van der Waals surface area (Å²) >= 11 is 0. The van der Waals surface area contributed by atoms with Crippen LogP contribution in [0.25, 0.3) is 0 Å². The molecule has 2 rings (SSSR count). The largest absolute Gasteiger partial charge is 0.309 e. The quantitative estimate of drug-likeness (QED) is 0.883. The van der Waals surface area contributed by atoms with Gasteiger partial charge in [0.05, 0.1) is 6.04 Å². The van der Waals surface area contributed by atoms with E-state index in [1.165, 1.54) is 12.1 Å². The number of halogens is 2. The highest BCUT2D eigenvalue weighted by Crippen LogP contribution is 2.23. The number of benzene rings is 1. The van der Waals surface area contributed by atoms with Crippen LogP contribution in [0.2, 0.25) is 0 Å². The monoisotopic (exact) mass is 234 g/mol. The zero-order chi connectivity index (χ0) is 12.3. The maximum Gasteiger partial charge on any atom is 0.131 e. The summed E-state index contributed by atoms with van der Waals surface area (Å²) in [4.78, 5) is 3.99. The van der Waals surface area contributed by atoms with Crippen molar-refractivity contribution in [3.8, 4) is 0 Å². The third kappa shape index (κ3) is 2.47. The molecule has 0 aliphatic carbocycles. The lowest BCUT2D eigenvalue weighted by atomic mass is 10.00. The first-order valence-corrected chi connectivity index (χ1v) is 5.24. The van der Waals surface area contributed by atoms with Crippen molar-refractivity contribution in [3.05, 3.63) is 65.5 Å². The molecule has 1 atom stereocenters. The van der Waals surface area contributed by atoms with Crippen molar-refractivity contribution in [3.63, 3.8) is 0 Å². The molecule has 17 heavy (non-hydrogen) atoms. The van der Waals surface area contributed by atoms with Gasteiger partial charge in [-0.05, 0) is 24.7 Å². The molecule has 0 saturated carbocycles. The van der Waals surface area contributed by atoms with E-state index >= 15 is 0 Å². The maximum atomic E-state index is 13.7. The number of pyridine rings is 1. The molecule has 0 bridgehead atoms. The zero-order valence-electron chi connectivity index (χ0n) is 9.32. The van der Waals surface area contributed by atoms with E-state index in [-0.39, 0.29) is 6.04 Å². The number of nitrogens with one attached hydrogen (secondary N) is 1. The van der Waals surface area contributed by atoms with Crippen LogP contribution < -0.4 is 5.32 Å². The number of hydrogen-bond acceptors (Lipinski definition) is 2. The molecule has 1 aromatic carbocycles. The van der Waals surface area contributed by atoms with E-state index in [0.717, 1.165) is 11.6 Å². The summed E-state index contributed by atoms with van der Waals surface area (Å²) in [5, 5.41) is 2.99. The molecule has 0 saturated heterocycles. The molecular formula is C13H12F2N2. The van der Waals surface area contributed by atoms with E-state index < -0.39 is 11.6 Å². The molecule has 1 N–H and O–H groups in total. The Kier molecular flexibility index (Phi) is 3.44. The molecule has 88 valence electrons. The van der Waals surface area contributed by atoms with Crippen molar-refractivity contribution in [2.24, 2.45) is 0 Å². The van der Waals surface area contributed by atoms with Gasteiger partial charge in [0.15, 0.2) is 0 Å². The third-order valence-corrected chi connectivity index (χ3v) is 2.58. The first kappa shape index (κ1) is 11.7. The molecule has 1 heterocycles. The number of nitrogens with zero attached hydrogens (tertiary/aromatic N) is 1. The number of aromatic nitrogens is 1. The lowest BCUT2D eigenvalue weighted by Crippen LogP contribution is -2.19. The molecule has 2 aromatic rings.